The van der Waals surface area contributed by atoms with Gasteiger partial charge in [0, 0.05) is 17.5 Å². The highest BCUT2D eigenvalue weighted by molar-refractivity contribution is 5.97. The largest absolute Gasteiger partial charge is 0.307 e. The molecule has 0 unspecified atom stereocenters. The molecule has 0 spiro atoms. The fraction of sp³-hybridized carbons (Fsp3) is 0.0769. The van der Waals surface area contributed by atoms with Gasteiger partial charge in [-0.15, -0.1) is 0 Å². The topological polar surface area (TPSA) is 39.1 Å². The van der Waals surface area contributed by atoms with Crippen molar-refractivity contribution in [2.24, 2.45) is 0 Å². The molecule has 3 aromatic carbocycles. The van der Waals surface area contributed by atoms with Crippen molar-refractivity contribution in [1.82, 2.24) is 4.57 Å². The van der Waals surface area contributed by atoms with Crippen LogP contribution in [0.15, 0.2) is 89.7 Å². The number of aromatic nitrogens is 1. The predicted octanol–water partition coefficient (Wildman–Crippen LogP) is 5.26. The molecule has 0 N–H and O–H groups in total. The zero-order valence-corrected chi connectivity index (χ0v) is 16.3. The zero-order chi connectivity index (χ0) is 20.9. The molecule has 0 aliphatic heterocycles. The third-order valence-corrected chi connectivity index (χ3v) is 5.14. The third kappa shape index (κ3) is 3.85. The van der Waals surface area contributed by atoms with Gasteiger partial charge in [-0.05, 0) is 65.4 Å². The van der Waals surface area contributed by atoms with Crippen molar-refractivity contribution in [1.29, 1.82) is 0 Å². The van der Waals surface area contributed by atoms with Crippen LogP contribution in [0.25, 0.3) is 28.1 Å². The van der Waals surface area contributed by atoms with Gasteiger partial charge >= 0.3 is 0 Å². The van der Waals surface area contributed by atoms with Crippen LogP contribution in [0, 0.1) is 5.82 Å². The maximum absolute atomic E-state index is 13.6. The Bertz CT molecular complexity index is 1270. The van der Waals surface area contributed by atoms with Gasteiger partial charge in [-0.1, -0.05) is 48.5 Å². The van der Waals surface area contributed by atoms with Gasteiger partial charge in [-0.25, -0.2) is 4.39 Å². The highest BCUT2D eigenvalue weighted by Crippen LogP contribution is 2.30. The fourth-order valence-corrected chi connectivity index (χ4v) is 3.75. The Labute approximate surface area is 173 Å². The Balaban J connectivity index is 1.99. The van der Waals surface area contributed by atoms with Gasteiger partial charge in [-0.3, -0.25) is 9.59 Å². The smallest absolute Gasteiger partial charge is 0.258 e. The average molecular weight is 397 g/mol. The molecule has 0 aliphatic rings. The number of hydrogen-bond acceptors (Lipinski definition) is 2. The minimum absolute atomic E-state index is 0.107. The molecular formula is C26H20FNO2. The summed E-state index contributed by atoms with van der Waals surface area (Å²) in [6, 6.07) is 23.4. The van der Waals surface area contributed by atoms with Crippen LogP contribution in [0.2, 0.25) is 0 Å². The number of nitrogens with zero attached hydrogens (tertiary/aromatic N) is 1. The van der Waals surface area contributed by atoms with Gasteiger partial charge in [0.05, 0.1) is 5.69 Å². The zero-order valence-electron chi connectivity index (χ0n) is 16.3. The van der Waals surface area contributed by atoms with E-state index in [2.05, 4.69) is 0 Å². The molecule has 30 heavy (non-hydrogen) atoms. The second-order valence-electron chi connectivity index (χ2n) is 7.00. The third-order valence-electron chi connectivity index (χ3n) is 5.14. The summed E-state index contributed by atoms with van der Waals surface area (Å²) in [4.78, 5) is 24.5. The van der Waals surface area contributed by atoms with Crippen molar-refractivity contribution < 1.29 is 9.18 Å². The molecule has 0 radical (unpaired) electrons. The highest BCUT2D eigenvalue weighted by atomic mass is 19.1. The van der Waals surface area contributed by atoms with Gasteiger partial charge in [0.2, 0.25) is 0 Å². The first-order valence-electron chi connectivity index (χ1n) is 9.76. The van der Waals surface area contributed by atoms with E-state index < -0.39 is 0 Å². The molecule has 0 bridgehead atoms. The van der Waals surface area contributed by atoms with Crippen LogP contribution in [0.1, 0.15) is 11.1 Å². The summed E-state index contributed by atoms with van der Waals surface area (Å²) in [7, 11) is 0. The normalized spacial score (nSPS) is 11.2. The molecule has 0 amide bonds. The summed E-state index contributed by atoms with van der Waals surface area (Å²) in [6.45, 7) is 0.461. The van der Waals surface area contributed by atoms with Crippen molar-refractivity contribution in [3.8, 4) is 11.3 Å². The predicted molar refractivity (Wildman–Crippen MR) is 119 cm³/mol. The Kier molecular flexibility index (Phi) is 5.66. The van der Waals surface area contributed by atoms with Crippen LogP contribution in [0.4, 0.5) is 4.39 Å². The van der Waals surface area contributed by atoms with Gasteiger partial charge in [-0.2, -0.15) is 0 Å². The Hall–Kier alpha value is -3.79. The molecule has 0 atom stereocenters. The summed E-state index contributed by atoms with van der Waals surface area (Å²) in [6.07, 6.45) is 4.51. The van der Waals surface area contributed by atoms with E-state index in [1.165, 1.54) is 18.2 Å². The molecule has 0 saturated carbocycles. The first-order chi connectivity index (χ1) is 14.7. The van der Waals surface area contributed by atoms with E-state index in [1.807, 2.05) is 48.5 Å². The molecule has 0 saturated heterocycles. The maximum Gasteiger partial charge on any atom is 0.258 e. The minimum atomic E-state index is -0.345. The van der Waals surface area contributed by atoms with E-state index in [0.717, 1.165) is 22.1 Å². The lowest BCUT2D eigenvalue weighted by Crippen LogP contribution is -2.24. The number of allylic oxidation sites excluding steroid dienone is 1. The van der Waals surface area contributed by atoms with Crippen LogP contribution in [-0.2, 0) is 17.8 Å². The second kappa shape index (κ2) is 8.70. The molecule has 4 heteroatoms. The summed E-state index contributed by atoms with van der Waals surface area (Å²) >= 11 is 0. The van der Waals surface area contributed by atoms with E-state index >= 15 is 0 Å². The van der Waals surface area contributed by atoms with Crippen molar-refractivity contribution in [3.63, 3.8) is 0 Å². The standard InChI is InChI=1S/C26H20FNO2/c27-21-14-12-20(13-15-21)25-23(11-6-18-29)22-9-4-5-10-24(22)26(30)28(25)17-16-19-7-2-1-3-8-19/h1-15,18H,16-17H2/b11-6+. The van der Waals surface area contributed by atoms with Crippen molar-refractivity contribution in [2.45, 2.75) is 13.0 Å². The minimum Gasteiger partial charge on any atom is -0.307 e. The van der Waals surface area contributed by atoms with Crippen LogP contribution in [-0.4, -0.2) is 10.9 Å². The number of halogens is 1. The maximum atomic E-state index is 13.6. The van der Waals surface area contributed by atoms with Gasteiger partial charge < -0.3 is 4.57 Å². The van der Waals surface area contributed by atoms with E-state index in [0.29, 0.717) is 30.3 Å². The first kappa shape index (κ1) is 19.5. The Morgan fingerprint density at radius 1 is 0.833 bits per heavy atom. The van der Waals surface area contributed by atoms with E-state index in [9.17, 15) is 14.0 Å². The van der Waals surface area contributed by atoms with Crippen LogP contribution < -0.4 is 5.56 Å². The number of hydrogen-bond donors (Lipinski definition) is 0. The first-order valence-corrected chi connectivity index (χ1v) is 9.76. The summed E-state index contributed by atoms with van der Waals surface area (Å²) in [5, 5.41) is 1.35. The fourth-order valence-electron chi connectivity index (χ4n) is 3.75. The summed E-state index contributed by atoms with van der Waals surface area (Å²) < 4.78 is 15.3. The molecule has 4 rings (SSSR count). The molecular weight excluding hydrogens is 377 g/mol. The number of fused-ring (bicyclic) bond motifs is 1. The molecule has 1 heterocycles. The number of aryl methyl sites for hydroxylation is 1. The van der Waals surface area contributed by atoms with Crippen LogP contribution >= 0.6 is 0 Å². The van der Waals surface area contributed by atoms with Crippen LogP contribution in [0.3, 0.4) is 0 Å². The van der Waals surface area contributed by atoms with E-state index in [4.69, 9.17) is 0 Å². The molecule has 1 aromatic heterocycles. The van der Waals surface area contributed by atoms with Crippen molar-refractivity contribution in [2.75, 3.05) is 0 Å². The van der Waals surface area contributed by atoms with E-state index in [1.54, 1.807) is 28.8 Å². The molecule has 4 aromatic rings. The van der Waals surface area contributed by atoms with Crippen molar-refractivity contribution in [3.05, 3.63) is 112 Å². The summed E-state index contributed by atoms with van der Waals surface area (Å²) in [5.74, 6) is -0.345. The molecule has 0 aliphatic carbocycles. The SMILES string of the molecule is O=C/C=C/c1c(-c2ccc(F)cc2)n(CCc2ccccc2)c(=O)c2ccccc12. The number of benzene rings is 3. The highest BCUT2D eigenvalue weighted by Gasteiger charge is 2.17. The number of aldehydes is 1. The molecule has 148 valence electrons. The molecule has 0 fully saturated rings. The van der Waals surface area contributed by atoms with Gasteiger partial charge in [0.25, 0.3) is 5.56 Å². The lowest BCUT2D eigenvalue weighted by Gasteiger charge is -2.19. The van der Waals surface area contributed by atoms with Gasteiger partial charge in [0.15, 0.2) is 0 Å². The summed E-state index contributed by atoms with van der Waals surface area (Å²) in [5.41, 5.74) is 3.17. The Morgan fingerprint density at radius 2 is 1.50 bits per heavy atom. The lowest BCUT2D eigenvalue weighted by atomic mass is 9.98. The van der Waals surface area contributed by atoms with Crippen molar-refractivity contribution >= 4 is 23.1 Å². The number of rotatable bonds is 6. The Morgan fingerprint density at radius 3 is 2.20 bits per heavy atom. The monoisotopic (exact) mass is 397 g/mol. The quantitative estimate of drug-likeness (QED) is 0.329. The van der Waals surface area contributed by atoms with E-state index in [-0.39, 0.29) is 11.4 Å². The molecule has 3 nitrogen and oxygen atoms in total. The van der Waals surface area contributed by atoms with Gasteiger partial charge in [0.1, 0.15) is 12.1 Å². The number of pyridine rings is 1. The number of carbonyl (C=O) groups excluding carboxylic acids is 1. The van der Waals surface area contributed by atoms with Crippen LogP contribution in [0.5, 0.6) is 0 Å². The average Bonchev–Trinajstić information content (AvgIpc) is 2.79. The number of carbonyl (C=O) groups is 1. The second-order valence-corrected chi connectivity index (χ2v) is 7.00. The lowest BCUT2D eigenvalue weighted by molar-refractivity contribution is -0.104.